The predicted molar refractivity (Wildman–Crippen MR) is 240 cm³/mol. The molecule has 4 aliphatic rings. The highest BCUT2D eigenvalue weighted by Crippen LogP contribution is 2.48. The van der Waals surface area contributed by atoms with Crippen molar-refractivity contribution < 1.29 is 55.0 Å². The second kappa shape index (κ2) is 18.4. The van der Waals surface area contributed by atoms with Crippen LogP contribution in [0.4, 0.5) is 18.0 Å². The van der Waals surface area contributed by atoms with Crippen molar-refractivity contribution >= 4 is 45.2 Å². The lowest BCUT2D eigenvalue weighted by atomic mass is 9.88. The summed E-state index contributed by atoms with van der Waals surface area (Å²) in [5.74, 6) is -2.73. The highest BCUT2D eigenvalue weighted by atomic mass is 32.2. The Kier molecular flexibility index (Phi) is 13.6. The predicted octanol–water partition coefficient (Wildman–Crippen LogP) is 7.33. The van der Waals surface area contributed by atoms with Gasteiger partial charge in [0.1, 0.15) is 35.2 Å². The Labute approximate surface area is 386 Å². The number of hydrogen-bond acceptors (Lipinski definition) is 12. The zero-order valence-electron chi connectivity index (χ0n) is 37.9. The molecule has 4 amide bonds. The number of alkyl halides is 3. The molecule has 0 unspecified atom stereocenters. The van der Waals surface area contributed by atoms with Gasteiger partial charge in [-0.15, -0.1) is 11.3 Å². The van der Waals surface area contributed by atoms with Crippen LogP contribution in [-0.2, 0) is 29.1 Å². The smallest absolute Gasteiger partial charge is 0.427 e. The molecule has 4 heterocycles. The van der Waals surface area contributed by atoms with Gasteiger partial charge >= 0.3 is 12.3 Å². The van der Waals surface area contributed by atoms with E-state index in [4.69, 9.17) is 19.2 Å². The van der Waals surface area contributed by atoms with Crippen molar-refractivity contribution in [2.45, 2.75) is 140 Å². The Morgan fingerprint density at radius 2 is 1.73 bits per heavy atom. The number of halogens is 3. The molecule has 0 radical (unpaired) electrons. The second-order valence-electron chi connectivity index (χ2n) is 19.1. The van der Waals surface area contributed by atoms with Gasteiger partial charge in [0.2, 0.25) is 27.4 Å². The zero-order valence-corrected chi connectivity index (χ0v) is 39.6. The molecule has 2 saturated carbocycles. The molecule has 0 spiro atoms. The molecular formula is C46H57F3N6O9S2. The Morgan fingerprint density at radius 3 is 2.36 bits per heavy atom. The zero-order chi connectivity index (χ0) is 48.0. The van der Waals surface area contributed by atoms with Crippen molar-refractivity contribution in [2.24, 2.45) is 17.8 Å². The molecular weight excluding hydrogens is 902 g/mol. The summed E-state index contributed by atoms with van der Waals surface area (Å²) >= 11 is 1.36. The summed E-state index contributed by atoms with van der Waals surface area (Å²) in [6.45, 7) is 10.2. The van der Waals surface area contributed by atoms with E-state index in [1.807, 2.05) is 51.1 Å². The van der Waals surface area contributed by atoms with Gasteiger partial charge in [-0.25, -0.2) is 18.2 Å². The van der Waals surface area contributed by atoms with E-state index >= 15 is 0 Å². The van der Waals surface area contributed by atoms with E-state index in [1.54, 1.807) is 43.8 Å². The Morgan fingerprint density at radius 1 is 1.03 bits per heavy atom. The number of rotatable bonds is 11. The third-order valence-corrected chi connectivity index (χ3v) is 15.8. The van der Waals surface area contributed by atoms with Crippen LogP contribution >= 0.6 is 11.3 Å². The number of nitrogens with one attached hydrogen (secondary N) is 3. The summed E-state index contributed by atoms with van der Waals surface area (Å²) in [7, 11) is -4.10. The van der Waals surface area contributed by atoms with Gasteiger partial charge in [0.15, 0.2) is 0 Å². The topological polar surface area (TPSA) is 195 Å². The Bertz CT molecular complexity index is 2440. The van der Waals surface area contributed by atoms with Gasteiger partial charge in [-0.3, -0.25) is 24.1 Å². The van der Waals surface area contributed by atoms with Gasteiger partial charge in [0, 0.05) is 36.2 Å². The van der Waals surface area contributed by atoms with E-state index in [-0.39, 0.29) is 31.4 Å². The first-order chi connectivity index (χ1) is 30.9. The van der Waals surface area contributed by atoms with Crippen LogP contribution in [0.15, 0.2) is 60.3 Å². The monoisotopic (exact) mass is 958 g/mol. The molecule has 7 atom stereocenters. The van der Waals surface area contributed by atoms with Gasteiger partial charge in [-0.05, 0) is 109 Å². The summed E-state index contributed by atoms with van der Waals surface area (Å²) in [6.07, 6.45) is 0.207. The van der Waals surface area contributed by atoms with Crippen LogP contribution in [0.1, 0.15) is 93.4 Å². The van der Waals surface area contributed by atoms with E-state index in [0.717, 1.165) is 10.4 Å². The van der Waals surface area contributed by atoms with E-state index in [1.165, 1.54) is 16.2 Å². The standard InChI is InChI=1S/C46H57F3N6O9S2/c1-26(2)62-31-14-12-29(13-15-31)34-19-32(20-35(51-34)37-23-50-25-65-37)63-33-21-36-39(56)53-45(41(58)54-66(60,61)44(7)16-17-44)22-30(45)11-9-8-10-27(3)18-28(4)38(40(57)55(36)24-33)52-42(59)64-43(5,6)46(47,48)49/h9,11-15,19-20,23,25-28,30,33,36,38H,8,10,16-18,21-22,24H2,1-7H3,(H,52,59)(H,53,56)(H,54,58)/b11-9-/t27-,28-,30-,33-,36+,38+,45-/m1/s1. The Hall–Kier alpha value is -5.24. The number of sulfonamides is 1. The highest BCUT2D eigenvalue weighted by molar-refractivity contribution is 7.91. The lowest BCUT2D eigenvalue weighted by molar-refractivity contribution is -0.244. The van der Waals surface area contributed by atoms with Gasteiger partial charge in [0.05, 0.1) is 39.2 Å². The number of carbonyl (C=O) groups excluding carboxylic acids is 4. The van der Waals surface area contributed by atoms with Crippen molar-refractivity contribution in [3.63, 3.8) is 0 Å². The minimum absolute atomic E-state index is 0.0382. The van der Waals surface area contributed by atoms with Crippen LogP contribution in [0.2, 0.25) is 0 Å². The van der Waals surface area contributed by atoms with Gasteiger partial charge in [-0.1, -0.05) is 26.0 Å². The molecule has 3 fully saturated rings. The number of hydrogen-bond donors (Lipinski definition) is 3. The Balaban J connectivity index is 1.24. The number of benzene rings is 1. The number of alkyl carbamates (subject to hydrolysis) is 1. The van der Waals surface area contributed by atoms with Crippen LogP contribution in [0.3, 0.4) is 0 Å². The second-order valence-corrected chi connectivity index (χ2v) is 22.2. The molecule has 20 heteroatoms. The third-order valence-electron chi connectivity index (χ3n) is 12.9. The molecule has 3 aromatic rings. The van der Waals surface area contributed by atoms with Crippen molar-refractivity contribution in [2.75, 3.05) is 6.54 Å². The number of nitrogens with zero attached hydrogens (tertiary/aromatic N) is 3. The van der Waals surface area contributed by atoms with Crippen molar-refractivity contribution in [1.82, 2.24) is 30.2 Å². The fourth-order valence-electron chi connectivity index (χ4n) is 8.40. The summed E-state index contributed by atoms with van der Waals surface area (Å²) in [6, 6.07) is 7.99. The lowest BCUT2D eigenvalue weighted by Gasteiger charge is -2.34. The van der Waals surface area contributed by atoms with Gasteiger partial charge < -0.3 is 29.7 Å². The number of aromatic nitrogens is 2. The number of thiazole rings is 1. The number of pyridine rings is 1. The first-order valence-corrected chi connectivity index (χ1v) is 24.5. The molecule has 2 aromatic heterocycles. The maximum Gasteiger partial charge on any atom is 0.427 e. The van der Waals surface area contributed by atoms with Crippen LogP contribution in [0, 0.1) is 17.8 Å². The SMILES string of the molecule is CC(C)Oc1ccc(-c2cc(O[C@@H]3C[C@H]4C(=O)N[C@]5(C(=O)NS(=O)(=O)C6(C)CC6)C[C@H]5/C=C\CC[C@@H](C)C[C@@H](C)[C@H](NC(=O)OC(C)(C)C(F)(F)F)C(=O)N4C3)cc(-c3cncs3)n2)cc1. The molecule has 358 valence electrons. The maximum atomic E-state index is 15.0. The third kappa shape index (κ3) is 10.6. The average Bonchev–Trinajstić information content (AvgIpc) is 3.98. The van der Waals surface area contributed by atoms with Crippen LogP contribution in [0.25, 0.3) is 21.8 Å². The number of ether oxygens (including phenoxy) is 3. The fourth-order valence-corrected chi connectivity index (χ4v) is 10.3. The van der Waals surface area contributed by atoms with E-state index < -0.39 is 85.9 Å². The van der Waals surface area contributed by atoms with E-state index in [9.17, 15) is 40.8 Å². The lowest BCUT2D eigenvalue weighted by Crippen LogP contribution is -2.59. The van der Waals surface area contributed by atoms with Crippen molar-refractivity contribution in [3.8, 4) is 33.3 Å². The first-order valence-electron chi connectivity index (χ1n) is 22.2. The number of amides is 4. The summed E-state index contributed by atoms with van der Waals surface area (Å²) < 4.78 is 86.6. The number of carbonyl (C=O) groups is 4. The number of fused-ring (bicyclic) bond motifs is 2. The molecule has 7 rings (SSSR count). The average molecular weight is 959 g/mol. The summed E-state index contributed by atoms with van der Waals surface area (Å²) in [5, 5.41) is 5.24. The maximum absolute atomic E-state index is 15.0. The molecule has 0 bridgehead atoms. The fraction of sp³-hybridized carbons (Fsp3) is 0.565. The quantitative estimate of drug-likeness (QED) is 0.163. The molecule has 1 saturated heterocycles. The number of allylic oxidation sites excluding steroid dienone is 1. The van der Waals surface area contributed by atoms with Crippen molar-refractivity contribution in [3.05, 3.63) is 60.3 Å². The molecule has 66 heavy (non-hydrogen) atoms. The van der Waals surface area contributed by atoms with Crippen LogP contribution < -0.4 is 24.8 Å². The molecule has 2 aliphatic carbocycles. The minimum atomic E-state index is -4.93. The first kappa shape index (κ1) is 48.7. The summed E-state index contributed by atoms with van der Waals surface area (Å²) in [4.78, 5) is 68.1. The molecule has 15 nitrogen and oxygen atoms in total. The van der Waals surface area contributed by atoms with Gasteiger partial charge in [-0.2, -0.15) is 13.2 Å². The molecule has 3 N–H and O–H groups in total. The van der Waals surface area contributed by atoms with Gasteiger partial charge in [0.25, 0.3) is 5.91 Å². The minimum Gasteiger partial charge on any atom is -0.491 e. The largest absolute Gasteiger partial charge is 0.491 e. The van der Waals surface area contributed by atoms with E-state index in [2.05, 4.69) is 20.3 Å². The van der Waals surface area contributed by atoms with Crippen molar-refractivity contribution in [1.29, 1.82) is 0 Å². The van der Waals surface area contributed by atoms with E-state index in [0.29, 0.717) is 68.8 Å². The molecule has 1 aromatic carbocycles. The van der Waals surface area contributed by atoms with Crippen LogP contribution in [0.5, 0.6) is 11.5 Å². The normalized spacial score (nSPS) is 27.3. The highest BCUT2D eigenvalue weighted by Gasteiger charge is 2.63. The van der Waals surface area contributed by atoms with Crippen LogP contribution in [-0.4, -0.2) is 100 Å². The molecule has 2 aliphatic heterocycles. The summed E-state index contributed by atoms with van der Waals surface area (Å²) in [5.41, 5.74) is -1.08.